The largest absolute Gasteiger partial charge is 0.411 e. The Morgan fingerprint density at radius 2 is 2.42 bits per heavy atom. The van der Waals surface area contributed by atoms with Gasteiger partial charge in [0.2, 0.25) is 0 Å². The van der Waals surface area contributed by atoms with Crippen LogP contribution < -0.4 is 0 Å². The van der Waals surface area contributed by atoms with E-state index in [2.05, 4.69) is 23.9 Å². The van der Waals surface area contributed by atoms with E-state index in [-0.39, 0.29) is 0 Å². The van der Waals surface area contributed by atoms with Crippen molar-refractivity contribution in [3.8, 4) is 0 Å². The van der Waals surface area contributed by atoms with E-state index in [1.165, 1.54) is 13.0 Å². The van der Waals surface area contributed by atoms with Gasteiger partial charge in [0.15, 0.2) is 0 Å². The topological polar surface area (TPSA) is 35.8 Å². The van der Waals surface area contributed by atoms with Crippen LogP contribution >= 0.6 is 0 Å². The molecule has 0 aromatic heterocycles. The van der Waals surface area contributed by atoms with Crippen LogP contribution in [0.2, 0.25) is 0 Å². The molecule has 12 heavy (non-hydrogen) atoms. The monoisotopic (exact) mass is 170 g/mol. The first-order valence-electron chi connectivity index (χ1n) is 4.71. The van der Waals surface area contributed by atoms with Crippen molar-refractivity contribution in [1.82, 2.24) is 4.90 Å². The number of hydrogen-bond acceptors (Lipinski definition) is 3. The lowest BCUT2D eigenvalue weighted by atomic mass is 9.97. The van der Waals surface area contributed by atoms with E-state index in [0.717, 1.165) is 25.2 Å². The molecule has 1 N–H and O–H groups in total. The third kappa shape index (κ3) is 2.21. The van der Waals surface area contributed by atoms with Crippen molar-refractivity contribution >= 4 is 5.71 Å². The summed E-state index contributed by atoms with van der Waals surface area (Å²) >= 11 is 0. The molecule has 3 nitrogen and oxygen atoms in total. The van der Waals surface area contributed by atoms with Gasteiger partial charge in [-0.25, -0.2) is 0 Å². The van der Waals surface area contributed by atoms with Gasteiger partial charge < -0.3 is 10.1 Å². The minimum atomic E-state index is 0.426. The van der Waals surface area contributed by atoms with Crippen molar-refractivity contribution in [2.45, 2.75) is 26.7 Å². The molecule has 1 aliphatic rings. The number of rotatable bonds is 2. The Morgan fingerprint density at radius 1 is 1.67 bits per heavy atom. The molecule has 0 aromatic carbocycles. The fourth-order valence-electron chi connectivity index (χ4n) is 1.77. The molecule has 1 fully saturated rings. The van der Waals surface area contributed by atoms with Crippen molar-refractivity contribution in [3.63, 3.8) is 0 Å². The summed E-state index contributed by atoms with van der Waals surface area (Å²) in [4.78, 5) is 2.43. The van der Waals surface area contributed by atoms with Gasteiger partial charge in [-0.15, -0.1) is 0 Å². The van der Waals surface area contributed by atoms with Gasteiger partial charge in [-0.1, -0.05) is 19.0 Å². The second kappa shape index (κ2) is 4.45. The third-order valence-electron chi connectivity index (χ3n) is 2.45. The van der Waals surface area contributed by atoms with Crippen molar-refractivity contribution in [2.75, 3.05) is 19.6 Å². The van der Waals surface area contributed by atoms with Gasteiger partial charge in [-0.05, 0) is 13.0 Å². The maximum Gasteiger partial charge on any atom is 0.0624 e. The van der Waals surface area contributed by atoms with Gasteiger partial charge in [0.1, 0.15) is 0 Å². The Kier molecular flexibility index (Phi) is 3.53. The molecular weight excluding hydrogens is 152 g/mol. The Bertz CT molecular complexity index is 168. The van der Waals surface area contributed by atoms with E-state index in [1.54, 1.807) is 0 Å². The van der Waals surface area contributed by atoms with Gasteiger partial charge in [-0.3, -0.25) is 0 Å². The number of hydrogen-bond donors (Lipinski definition) is 1. The SMILES string of the molecule is CCCN1CCC(=NO)C(C)C1. The molecule has 0 bridgehead atoms. The second-order valence-electron chi connectivity index (χ2n) is 3.54. The summed E-state index contributed by atoms with van der Waals surface area (Å²) in [5.41, 5.74) is 0.961. The van der Waals surface area contributed by atoms with E-state index in [0.29, 0.717) is 5.92 Å². The summed E-state index contributed by atoms with van der Waals surface area (Å²) in [6, 6.07) is 0. The lowest BCUT2D eigenvalue weighted by Crippen LogP contribution is -2.39. The number of oxime groups is 1. The maximum atomic E-state index is 8.65. The molecule has 1 atom stereocenters. The summed E-state index contributed by atoms with van der Waals surface area (Å²) < 4.78 is 0. The van der Waals surface area contributed by atoms with Crippen LogP contribution in [-0.4, -0.2) is 35.5 Å². The first kappa shape index (κ1) is 9.52. The lowest BCUT2D eigenvalue weighted by Gasteiger charge is -2.30. The Hall–Kier alpha value is -0.570. The molecular formula is C9H18N2O. The van der Waals surface area contributed by atoms with Gasteiger partial charge in [0.25, 0.3) is 0 Å². The molecule has 0 aliphatic carbocycles. The van der Waals surface area contributed by atoms with Gasteiger partial charge >= 0.3 is 0 Å². The van der Waals surface area contributed by atoms with E-state index in [4.69, 9.17) is 5.21 Å². The quantitative estimate of drug-likeness (QED) is 0.504. The van der Waals surface area contributed by atoms with Crippen LogP contribution in [0.15, 0.2) is 5.16 Å². The van der Waals surface area contributed by atoms with E-state index >= 15 is 0 Å². The van der Waals surface area contributed by atoms with Crippen LogP contribution in [0.25, 0.3) is 0 Å². The minimum Gasteiger partial charge on any atom is -0.411 e. The average Bonchev–Trinajstić information content (AvgIpc) is 2.05. The molecule has 0 saturated carbocycles. The number of likely N-dealkylation sites (tertiary alicyclic amines) is 1. The number of nitrogens with zero attached hydrogens (tertiary/aromatic N) is 2. The molecule has 0 radical (unpaired) electrons. The predicted octanol–water partition coefficient (Wildman–Crippen LogP) is 1.57. The highest BCUT2D eigenvalue weighted by atomic mass is 16.4. The predicted molar refractivity (Wildman–Crippen MR) is 49.7 cm³/mol. The van der Waals surface area contributed by atoms with Crippen molar-refractivity contribution in [3.05, 3.63) is 0 Å². The highest BCUT2D eigenvalue weighted by Crippen LogP contribution is 2.13. The van der Waals surface area contributed by atoms with E-state index in [1.807, 2.05) is 0 Å². The van der Waals surface area contributed by atoms with Crippen LogP contribution in [0.3, 0.4) is 0 Å². The zero-order valence-corrected chi connectivity index (χ0v) is 7.95. The molecule has 0 spiro atoms. The Balaban J connectivity index is 2.40. The molecule has 3 heteroatoms. The van der Waals surface area contributed by atoms with Crippen LogP contribution in [0.5, 0.6) is 0 Å². The Labute approximate surface area is 74.1 Å². The van der Waals surface area contributed by atoms with Crippen LogP contribution in [0.4, 0.5) is 0 Å². The van der Waals surface area contributed by atoms with Crippen molar-refractivity contribution < 1.29 is 5.21 Å². The molecule has 1 heterocycles. The van der Waals surface area contributed by atoms with Crippen LogP contribution in [-0.2, 0) is 0 Å². The summed E-state index contributed by atoms with van der Waals surface area (Å²) in [6.07, 6.45) is 2.13. The zero-order valence-electron chi connectivity index (χ0n) is 7.95. The van der Waals surface area contributed by atoms with Gasteiger partial charge in [-0.2, -0.15) is 0 Å². The molecule has 1 saturated heterocycles. The van der Waals surface area contributed by atoms with Gasteiger partial charge in [0, 0.05) is 25.4 Å². The third-order valence-corrected chi connectivity index (χ3v) is 2.45. The molecule has 0 aromatic rings. The molecule has 0 amide bonds. The molecule has 1 aliphatic heterocycles. The summed E-state index contributed by atoms with van der Waals surface area (Å²) in [7, 11) is 0. The average molecular weight is 170 g/mol. The molecule has 70 valence electrons. The highest BCUT2D eigenvalue weighted by molar-refractivity contribution is 5.86. The first-order valence-corrected chi connectivity index (χ1v) is 4.71. The van der Waals surface area contributed by atoms with Crippen LogP contribution in [0.1, 0.15) is 26.7 Å². The minimum absolute atomic E-state index is 0.426. The summed E-state index contributed by atoms with van der Waals surface area (Å²) in [6.45, 7) is 7.59. The second-order valence-corrected chi connectivity index (χ2v) is 3.54. The van der Waals surface area contributed by atoms with Crippen LogP contribution in [0, 0.1) is 5.92 Å². The van der Waals surface area contributed by atoms with E-state index < -0.39 is 0 Å². The summed E-state index contributed by atoms with van der Waals surface area (Å²) in [5, 5.41) is 12.0. The first-order chi connectivity index (χ1) is 5.77. The molecule has 1 unspecified atom stereocenters. The lowest BCUT2D eigenvalue weighted by molar-refractivity contribution is 0.236. The summed E-state index contributed by atoms with van der Waals surface area (Å²) in [5.74, 6) is 0.426. The Morgan fingerprint density at radius 3 is 2.92 bits per heavy atom. The van der Waals surface area contributed by atoms with Gasteiger partial charge in [0.05, 0.1) is 5.71 Å². The zero-order chi connectivity index (χ0) is 8.97. The smallest absolute Gasteiger partial charge is 0.0624 e. The molecule has 1 rings (SSSR count). The highest BCUT2D eigenvalue weighted by Gasteiger charge is 2.21. The van der Waals surface area contributed by atoms with Crippen molar-refractivity contribution in [2.24, 2.45) is 11.1 Å². The standard InChI is InChI=1S/C9H18N2O/c1-3-5-11-6-4-9(10-12)8(2)7-11/h8,12H,3-7H2,1-2H3. The maximum absolute atomic E-state index is 8.65. The number of piperidine rings is 1. The van der Waals surface area contributed by atoms with E-state index in [9.17, 15) is 0 Å². The fourth-order valence-corrected chi connectivity index (χ4v) is 1.77. The normalized spacial score (nSPS) is 29.5. The van der Waals surface area contributed by atoms with Crippen molar-refractivity contribution in [1.29, 1.82) is 0 Å². The fraction of sp³-hybridized carbons (Fsp3) is 0.889.